The molecule has 0 aliphatic carbocycles. The van der Waals surface area contributed by atoms with Gasteiger partial charge in [-0.3, -0.25) is 4.99 Å². The zero-order chi connectivity index (χ0) is 18.3. The van der Waals surface area contributed by atoms with Gasteiger partial charge in [-0.2, -0.15) is 0 Å². The summed E-state index contributed by atoms with van der Waals surface area (Å²) in [5.41, 5.74) is 6.50. The highest BCUT2D eigenvalue weighted by atomic mass is 35.5. The molecule has 2 atom stereocenters. The summed E-state index contributed by atoms with van der Waals surface area (Å²) >= 11 is 5.49. The number of hydrogen-bond acceptors (Lipinski definition) is 5. The summed E-state index contributed by atoms with van der Waals surface area (Å²) in [6, 6.07) is 5.40. The number of rotatable bonds is 6. The monoisotopic (exact) mass is 359 g/mol. The van der Waals surface area contributed by atoms with Crippen molar-refractivity contribution in [2.24, 2.45) is 15.9 Å². The molecule has 0 saturated heterocycles. The van der Waals surface area contributed by atoms with Crippen LogP contribution in [0.15, 0.2) is 45.7 Å². The molecule has 24 heavy (non-hydrogen) atoms. The summed E-state index contributed by atoms with van der Waals surface area (Å²) in [6.45, 7) is 4.22. The van der Waals surface area contributed by atoms with E-state index in [4.69, 9.17) is 26.9 Å². The van der Waals surface area contributed by atoms with Crippen molar-refractivity contribution in [2.45, 2.75) is 32.0 Å². The molecule has 0 heterocycles. The second kappa shape index (κ2) is 8.63. The predicted octanol–water partition coefficient (Wildman–Crippen LogP) is 3.78. The molecular weight excluding hydrogens is 340 g/mol. The average Bonchev–Trinajstić information content (AvgIpc) is 2.50. The largest absolute Gasteiger partial charge is 0.439 e. The van der Waals surface area contributed by atoms with Crippen LogP contribution in [0.1, 0.15) is 20.8 Å². The fraction of sp³-hybridized carbons (Fsp3) is 0.375. The van der Waals surface area contributed by atoms with Gasteiger partial charge in [0.25, 0.3) is 0 Å². The second-order valence-corrected chi connectivity index (χ2v) is 5.86. The van der Waals surface area contributed by atoms with Crippen LogP contribution < -0.4 is 10.5 Å². The van der Waals surface area contributed by atoms with Gasteiger partial charge in [0.2, 0.25) is 11.0 Å². The van der Waals surface area contributed by atoms with E-state index in [1.165, 1.54) is 44.5 Å². The van der Waals surface area contributed by atoms with Gasteiger partial charge in [-0.25, -0.2) is 8.78 Å². The molecule has 0 spiro atoms. The molecule has 2 unspecified atom stereocenters. The number of ether oxygens (including phenoxy) is 1. The Kier molecular flexibility index (Phi) is 7.16. The molecule has 0 saturated carbocycles. The van der Waals surface area contributed by atoms with E-state index >= 15 is 0 Å². The summed E-state index contributed by atoms with van der Waals surface area (Å²) < 4.78 is 32.0. The first kappa shape index (κ1) is 19.9. The predicted molar refractivity (Wildman–Crippen MR) is 91.7 cm³/mol. The molecule has 8 heteroatoms. The number of hydrogen-bond donors (Lipinski definition) is 1. The van der Waals surface area contributed by atoms with Gasteiger partial charge in [0.15, 0.2) is 6.10 Å². The first-order valence-electron chi connectivity index (χ1n) is 7.09. The molecule has 1 aromatic carbocycles. The lowest BCUT2D eigenvalue weighted by molar-refractivity contribution is 0.00235. The van der Waals surface area contributed by atoms with Crippen LogP contribution in [-0.4, -0.2) is 30.4 Å². The zero-order valence-electron chi connectivity index (χ0n) is 13.9. The molecule has 0 aliphatic heterocycles. The Morgan fingerprint density at radius 2 is 1.96 bits per heavy atom. The number of nitrogens with zero attached hydrogens (tertiary/aromatic N) is 2. The van der Waals surface area contributed by atoms with E-state index in [0.717, 1.165) is 6.92 Å². The van der Waals surface area contributed by atoms with Crippen molar-refractivity contribution < 1.29 is 18.4 Å². The maximum Gasteiger partial charge on any atom is 0.225 e. The lowest BCUT2D eigenvalue weighted by Gasteiger charge is -2.18. The van der Waals surface area contributed by atoms with Crippen LogP contribution in [0.5, 0.6) is 5.75 Å². The van der Waals surface area contributed by atoms with Crippen molar-refractivity contribution in [1.82, 2.24) is 0 Å². The van der Waals surface area contributed by atoms with Crippen molar-refractivity contribution in [3.8, 4) is 5.75 Å². The summed E-state index contributed by atoms with van der Waals surface area (Å²) in [4.78, 5) is 8.95. The average molecular weight is 360 g/mol. The lowest BCUT2D eigenvalue weighted by Crippen LogP contribution is -2.27. The second-order valence-electron chi connectivity index (χ2n) is 5.12. The normalized spacial score (nSPS) is 17.2. The van der Waals surface area contributed by atoms with Gasteiger partial charge in [0, 0.05) is 12.7 Å². The van der Waals surface area contributed by atoms with Crippen LogP contribution in [0.25, 0.3) is 0 Å². The number of oxime groups is 1. The molecule has 132 valence electrons. The lowest BCUT2D eigenvalue weighted by atomic mass is 10.2. The summed E-state index contributed by atoms with van der Waals surface area (Å²) in [7, 11) is 1.50. The van der Waals surface area contributed by atoms with E-state index in [0.29, 0.717) is 17.0 Å². The van der Waals surface area contributed by atoms with Crippen LogP contribution in [0.2, 0.25) is 0 Å². The van der Waals surface area contributed by atoms with Crippen LogP contribution in [0, 0.1) is 5.82 Å². The zero-order valence-corrected chi connectivity index (χ0v) is 14.6. The molecule has 0 aromatic heterocycles. The van der Waals surface area contributed by atoms with Crippen molar-refractivity contribution in [1.29, 1.82) is 0 Å². The first-order chi connectivity index (χ1) is 11.1. The minimum absolute atomic E-state index is 0.149. The number of benzene rings is 1. The van der Waals surface area contributed by atoms with Crippen molar-refractivity contribution in [2.75, 3.05) is 7.05 Å². The quantitative estimate of drug-likeness (QED) is 0.363. The Balaban J connectivity index is 2.90. The molecule has 0 aliphatic rings. The Morgan fingerprint density at radius 3 is 2.42 bits per heavy atom. The van der Waals surface area contributed by atoms with E-state index in [9.17, 15) is 8.78 Å². The van der Waals surface area contributed by atoms with Gasteiger partial charge >= 0.3 is 0 Å². The number of alkyl halides is 2. The minimum atomic E-state index is -2.06. The SMILES string of the molecule is CN=C(Oc1ccc(F)cc1)C(C=NOC(C)C(C)(F)Cl)=C(C)N. The van der Waals surface area contributed by atoms with Gasteiger partial charge < -0.3 is 15.3 Å². The third-order valence-corrected chi connectivity index (χ3v) is 3.31. The van der Waals surface area contributed by atoms with Crippen LogP contribution in [0.3, 0.4) is 0 Å². The first-order valence-corrected chi connectivity index (χ1v) is 7.47. The molecule has 0 bridgehead atoms. The maximum absolute atomic E-state index is 13.5. The Bertz CT molecular complexity index is 634. The Labute approximate surface area is 144 Å². The van der Waals surface area contributed by atoms with Crippen molar-refractivity contribution in [3.05, 3.63) is 41.4 Å². The summed E-state index contributed by atoms with van der Waals surface area (Å²) in [6.07, 6.45) is 0.273. The number of aliphatic imine (C=N–C) groups is 1. The number of halogens is 3. The van der Waals surface area contributed by atoms with Crippen LogP contribution >= 0.6 is 11.6 Å². The van der Waals surface area contributed by atoms with Gasteiger partial charge in [0.05, 0.1) is 11.8 Å². The van der Waals surface area contributed by atoms with Crippen molar-refractivity contribution in [3.63, 3.8) is 0 Å². The summed E-state index contributed by atoms with van der Waals surface area (Å²) in [5.74, 6) is 0.133. The number of nitrogens with two attached hydrogens (primary N) is 1. The van der Waals surface area contributed by atoms with Gasteiger partial charge in [-0.1, -0.05) is 16.8 Å². The highest BCUT2D eigenvalue weighted by Crippen LogP contribution is 2.23. The topological polar surface area (TPSA) is 69.2 Å². The smallest absolute Gasteiger partial charge is 0.225 e. The Morgan fingerprint density at radius 1 is 1.38 bits per heavy atom. The van der Waals surface area contributed by atoms with E-state index in [2.05, 4.69) is 10.1 Å². The van der Waals surface area contributed by atoms with E-state index in [1.54, 1.807) is 6.92 Å². The van der Waals surface area contributed by atoms with Gasteiger partial charge in [-0.15, -0.1) is 0 Å². The molecule has 0 radical (unpaired) electrons. The van der Waals surface area contributed by atoms with Crippen LogP contribution in [-0.2, 0) is 4.84 Å². The fourth-order valence-corrected chi connectivity index (χ4v) is 1.47. The molecule has 1 aromatic rings. The highest BCUT2D eigenvalue weighted by molar-refractivity contribution is 6.22. The number of allylic oxidation sites excluding steroid dienone is 1. The third kappa shape index (κ3) is 6.16. The van der Waals surface area contributed by atoms with Crippen LogP contribution in [0.4, 0.5) is 8.78 Å². The maximum atomic E-state index is 13.5. The third-order valence-electron chi connectivity index (χ3n) is 3.00. The van der Waals surface area contributed by atoms with E-state index in [-0.39, 0.29) is 11.7 Å². The van der Waals surface area contributed by atoms with Gasteiger partial charge in [0.1, 0.15) is 11.6 Å². The molecule has 5 nitrogen and oxygen atoms in total. The minimum Gasteiger partial charge on any atom is -0.439 e. The van der Waals surface area contributed by atoms with Crippen molar-refractivity contribution >= 4 is 23.7 Å². The molecular formula is C16H20ClF2N3O2. The standard InChI is InChI=1S/C16H20ClF2N3O2/c1-10(20)14(9-22-24-11(2)16(3,17)19)15(21-4)23-13-7-5-12(18)6-8-13/h5-9,11H,20H2,1-4H3. The molecule has 0 fully saturated rings. The highest BCUT2D eigenvalue weighted by Gasteiger charge is 2.29. The van der Waals surface area contributed by atoms with Gasteiger partial charge in [-0.05, 0) is 45.0 Å². The fourth-order valence-electron chi connectivity index (χ4n) is 1.43. The molecule has 0 amide bonds. The molecule has 2 N–H and O–H groups in total. The molecule has 1 rings (SSSR count). The van der Waals surface area contributed by atoms with E-state index in [1.807, 2.05) is 0 Å². The van der Waals surface area contributed by atoms with E-state index < -0.39 is 11.2 Å². The Hall–Kier alpha value is -2.15. The summed E-state index contributed by atoms with van der Waals surface area (Å²) in [5, 5.41) is 1.61.